The molecule has 0 amide bonds. The molecule has 140 valence electrons. The third kappa shape index (κ3) is 3.60. The fraction of sp³-hybridized carbons (Fsp3) is 0.476. The van der Waals surface area contributed by atoms with Gasteiger partial charge in [-0.2, -0.15) is 0 Å². The van der Waals surface area contributed by atoms with E-state index in [1.165, 1.54) is 23.6 Å². The maximum atomic E-state index is 10.4. The van der Waals surface area contributed by atoms with Gasteiger partial charge in [-0.25, -0.2) is 4.85 Å². The molecule has 6 nitrogen and oxygen atoms in total. The Kier molecular flexibility index (Phi) is 4.95. The van der Waals surface area contributed by atoms with Gasteiger partial charge in [0.1, 0.15) is 11.4 Å². The zero-order valence-corrected chi connectivity index (χ0v) is 15.7. The molecule has 1 atom stereocenters. The van der Waals surface area contributed by atoms with E-state index in [2.05, 4.69) is 32.3 Å². The van der Waals surface area contributed by atoms with Gasteiger partial charge in [0.25, 0.3) is 0 Å². The summed E-state index contributed by atoms with van der Waals surface area (Å²) in [6.45, 7) is 9.28. The van der Waals surface area contributed by atoms with Crippen LogP contribution in [-0.2, 0) is 12.8 Å². The number of likely N-dealkylation sites (N-methyl/N-ethyl adjacent to an activating group) is 1. The average Bonchev–Trinajstić information content (AvgIpc) is 2.68. The summed E-state index contributed by atoms with van der Waals surface area (Å²) < 4.78 is 0. The largest absolute Gasteiger partial charge is 0.509 e. The van der Waals surface area contributed by atoms with Crippen molar-refractivity contribution >= 4 is 11.5 Å². The van der Waals surface area contributed by atoms with Gasteiger partial charge in [0, 0.05) is 23.7 Å². The highest BCUT2D eigenvalue weighted by molar-refractivity contribution is 5.75. The molecule has 1 aromatic carbocycles. The summed E-state index contributed by atoms with van der Waals surface area (Å²) in [6.07, 6.45) is 6.57. The van der Waals surface area contributed by atoms with E-state index in [0.717, 1.165) is 56.7 Å². The molecule has 1 fully saturated rings. The Hall–Kier alpha value is -2.65. The van der Waals surface area contributed by atoms with E-state index in [4.69, 9.17) is 6.57 Å². The minimum atomic E-state index is 0.0974. The smallest absolute Gasteiger partial charge is 0.190 e. The van der Waals surface area contributed by atoms with Crippen molar-refractivity contribution in [1.29, 1.82) is 0 Å². The van der Waals surface area contributed by atoms with Gasteiger partial charge in [-0.05, 0) is 63.7 Å². The second-order valence-electron chi connectivity index (χ2n) is 7.62. The van der Waals surface area contributed by atoms with Gasteiger partial charge in [-0.15, -0.1) is 10.2 Å². The lowest BCUT2D eigenvalue weighted by Crippen LogP contribution is -2.40. The number of phenolic OH excluding ortho intramolecular Hbond substituents is 1. The number of likely N-dealkylation sites (tertiary alicyclic amines) is 1. The molecule has 0 saturated carbocycles. The molecule has 0 radical (unpaired) electrons. The molecule has 0 bridgehead atoms. The van der Waals surface area contributed by atoms with E-state index in [1.807, 2.05) is 0 Å². The summed E-state index contributed by atoms with van der Waals surface area (Å²) in [5.41, 5.74) is 4.28. The van der Waals surface area contributed by atoms with Crippen LogP contribution in [0.3, 0.4) is 0 Å². The van der Waals surface area contributed by atoms with Crippen molar-refractivity contribution in [3.63, 3.8) is 0 Å². The van der Waals surface area contributed by atoms with E-state index in [-0.39, 0.29) is 5.75 Å². The van der Waals surface area contributed by atoms with Crippen LogP contribution in [0, 0.1) is 6.57 Å². The molecule has 2 N–H and O–H groups in total. The topological polar surface area (TPSA) is 65.6 Å². The van der Waals surface area contributed by atoms with Crippen LogP contribution in [0.25, 0.3) is 16.1 Å². The molecule has 1 saturated heterocycles. The first-order valence-corrected chi connectivity index (χ1v) is 9.70. The summed E-state index contributed by atoms with van der Waals surface area (Å²) in [7, 11) is 2.16. The molecule has 1 aliphatic heterocycles. The summed E-state index contributed by atoms with van der Waals surface area (Å²) in [5.74, 6) is 1.01. The number of anilines is 1. The minimum absolute atomic E-state index is 0.0974. The van der Waals surface area contributed by atoms with Gasteiger partial charge >= 0.3 is 0 Å². The Morgan fingerprint density at radius 2 is 2.00 bits per heavy atom. The lowest BCUT2D eigenvalue weighted by atomic mass is 9.89. The number of phenols is 1. The normalized spacial score (nSPS) is 19.9. The van der Waals surface area contributed by atoms with E-state index in [9.17, 15) is 5.11 Å². The van der Waals surface area contributed by atoms with E-state index >= 15 is 0 Å². The van der Waals surface area contributed by atoms with Crippen LogP contribution >= 0.6 is 0 Å². The van der Waals surface area contributed by atoms with Crippen LogP contribution in [-0.4, -0.2) is 46.4 Å². The maximum absolute atomic E-state index is 10.4. The Morgan fingerprint density at radius 3 is 2.74 bits per heavy atom. The standard InChI is InChI=1S/C21H25N5O/c1-22-14-9-10-18(19(27)12-14)20-16-7-3-4-8-17(16)21(25-24-20)23-15-6-5-11-26(2)13-15/h9-10,12,15,27H,3-8,11,13H2,2H3,(H,23,25)/t15-/m1/s1. The monoisotopic (exact) mass is 363 g/mol. The Bertz CT molecular complexity index is 889. The van der Waals surface area contributed by atoms with E-state index in [0.29, 0.717) is 17.3 Å². The lowest BCUT2D eigenvalue weighted by Gasteiger charge is -2.31. The van der Waals surface area contributed by atoms with E-state index < -0.39 is 0 Å². The first kappa shape index (κ1) is 17.7. The predicted octanol–water partition coefficient (Wildman–Crippen LogP) is 3.78. The third-order valence-electron chi connectivity index (χ3n) is 5.62. The van der Waals surface area contributed by atoms with Gasteiger partial charge in [0.15, 0.2) is 11.5 Å². The molecule has 27 heavy (non-hydrogen) atoms. The summed E-state index contributed by atoms with van der Waals surface area (Å²) >= 11 is 0. The number of rotatable bonds is 3. The predicted molar refractivity (Wildman–Crippen MR) is 106 cm³/mol. The molecule has 6 heteroatoms. The van der Waals surface area contributed by atoms with Crippen LogP contribution in [0.4, 0.5) is 11.5 Å². The number of aromatic hydroxyl groups is 1. The molecular weight excluding hydrogens is 338 g/mol. The number of fused-ring (bicyclic) bond motifs is 1. The van der Waals surface area contributed by atoms with Crippen LogP contribution in [0.5, 0.6) is 5.75 Å². The summed E-state index contributed by atoms with van der Waals surface area (Å²) in [6, 6.07) is 5.41. The molecule has 1 aliphatic carbocycles. The second-order valence-corrected chi connectivity index (χ2v) is 7.62. The second kappa shape index (κ2) is 7.53. The fourth-order valence-corrected chi connectivity index (χ4v) is 4.25. The average molecular weight is 363 g/mol. The van der Waals surface area contributed by atoms with Crippen molar-refractivity contribution in [2.75, 3.05) is 25.5 Å². The lowest BCUT2D eigenvalue weighted by molar-refractivity contribution is 0.260. The first-order valence-electron chi connectivity index (χ1n) is 9.70. The van der Waals surface area contributed by atoms with Crippen LogP contribution in [0.15, 0.2) is 18.2 Å². The minimum Gasteiger partial charge on any atom is -0.509 e. The van der Waals surface area contributed by atoms with Gasteiger partial charge in [-0.1, -0.05) is 12.1 Å². The summed E-state index contributed by atoms with van der Waals surface area (Å²) in [5, 5.41) is 23.1. The SMILES string of the molecule is [C-]#[N+]c1ccc(-c2nnc(N[C@@H]3CCCN(C)C3)c3c2CCCC3)c(O)c1. The van der Waals surface area contributed by atoms with Crippen LogP contribution in [0.2, 0.25) is 0 Å². The van der Waals surface area contributed by atoms with E-state index in [1.54, 1.807) is 12.1 Å². The number of nitrogens with zero attached hydrogens (tertiary/aromatic N) is 4. The molecule has 2 aliphatic rings. The molecule has 0 spiro atoms. The zero-order chi connectivity index (χ0) is 18.8. The number of hydrogen-bond acceptors (Lipinski definition) is 5. The Morgan fingerprint density at radius 1 is 1.19 bits per heavy atom. The van der Waals surface area contributed by atoms with Crippen molar-refractivity contribution in [3.05, 3.63) is 40.7 Å². The van der Waals surface area contributed by atoms with Gasteiger partial charge in [0.2, 0.25) is 0 Å². The highest BCUT2D eigenvalue weighted by Crippen LogP contribution is 2.38. The van der Waals surface area contributed by atoms with Crippen molar-refractivity contribution in [1.82, 2.24) is 15.1 Å². The maximum Gasteiger partial charge on any atom is 0.190 e. The molecule has 1 aromatic heterocycles. The molecule has 2 aromatic rings. The number of aromatic nitrogens is 2. The number of nitrogens with one attached hydrogen (secondary N) is 1. The van der Waals surface area contributed by atoms with Crippen molar-refractivity contribution < 1.29 is 5.11 Å². The van der Waals surface area contributed by atoms with Crippen molar-refractivity contribution in [3.8, 4) is 17.0 Å². The molecule has 4 rings (SSSR count). The molecule has 0 unspecified atom stereocenters. The van der Waals surface area contributed by atoms with Crippen molar-refractivity contribution in [2.24, 2.45) is 0 Å². The molecular formula is C21H25N5O. The fourth-order valence-electron chi connectivity index (χ4n) is 4.25. The first-order chi connectivity index (χ1) is 13.2. The number of benzene rings is 1. The van der Waals surface area contributed by atoms with Gasteiger partial charge < -0.3 is 15.3 Å². The third-order valence-corrected chi connectivity index (χ3v) is 5.62. The van der Waals surface area contributed by atoms with Gasteiger partial charge in [0.05, 0.1) is 6.57 Å². The van der Waals surface area contributed by atoms with Crippen LogP contribution in [0.1, 0.15) is 36.8 Å². The Balaban J connectivity index is 1.70. The highest BCUT2D eigenvalue weighted by Gasteiger charge is 2.24. The number of piperidine rings is 1. The highest BCUT2D eigenvalue weighted by atomic mass is 16.3. The Labute approximate surface area is 160 Å². The van der Waals surface area contributed by atoms with Crippen molar-refractivity contribution in [2.45, 2.75) is 44.6 Å². The molecule has 2 heterocycles. The summed E-state index contributed by atoms with van der Waals surface area (Å²) in [4.78, 5) is 5.73. The zero-order valence-electron chi connectivity index (χ0n) is 15.7. The number of hydrogen-bond donors (Lipinski definition) is 2. The quantitative estimate of drug-likeness (QED) is 0.813. The van der Waals surface area contributed by atoms with Crippen LogP contribution < -0.4 is 5.32 Å². The van der Waals surface area contributed by atoms with Gasteiger partial charge in [-0.3, -0.25) is 0 Å².